The highest BCUT2D eigenvalue weighted by Gasteiger charge is 2.36. The number of furan rings is 1. The van der Waals surface area contributed by atoms with Gasteiger partial charge in [0.05, 0.1) is 12.6 Å². The first-order valence-electron chi connectivity index (χ1n) is 9.10. The lowest BCUT2D eigenvalue weighted by molar-refractivity contribution is 0.276. The SMILES string of the molecule is Cc1ccc(C(C)NCc2ccc(CO[Si](C)(C)C(C)(C)C)cc2)o1. The molecule has 1 N–H and O–H groups in total. The minimum atomic E-state index is -1.69. The van der Waals surface area contributed by atoms with Crippen molar-refractivity contribution in [3.05, 3.63) is 59.0 Å². The van der Waals surface area contributed by atoms with Crippen molar-refractivity contribution in [2.75, 3.05) is 0 Å². The summed E-state index contributed by atoms with van der Waals surface area (Å²) in [5.41, 5.74) is 2.51. The third kappa shape index (κ3) is 5.56. The van der Waals surface area contributed by atoms with E-state index in [4.69, 9.17) is 8.84 Å². The molecule has 25 heavy (non-hydrogen) atoms. The number of rotatable bonds is 7. The van der Waals surface area contributed by atoms with Crippen LogP contribution in [-0.4, -0.2) is 8.32 Å². The Bertz CT molecular complexity index is 668. The van der Waals surface area contributed by atoms with Crippen molar-refractivity contribution >= 4 is 8.32 Å². The van der Waals surface area contributed by atoms with E-state index >= 15 is 0 Å². The lowest BCUT2D eigenvalue weighted by Crippen LogP contribution is -2.40. The summed E-state index contributed by atoms with van der Waals surface area (Å²) >= 11 is 0. The molecule has 1 atom stereocenters. The van der Waals surface area contributed by atoms with Gasteiger partial charge in [-0.05, 0) is 55.2 Å². The molecule has 138 valence electrons. The van der Waals surface area contributed by atoms with Crippen LogP contribution in [0, 0.1) is 6.92 Å². The third-order valence-corrected chi connectivity index (χ3v) is 9.71. The Morgan fingerprint density at radius 2 is 1.64 bits per heavy atom. The maximum absolute atomic E-state index is 6.29. The zero-order chi connectivity index (χ0) is 18.7. The smallest absolute Gasteiger partial charge is 0.192 e. The quantitative estimate of drug-likeness (QED) is 0.619. The Kier molecular flexibility index (Phi) is 6.30. The van der Waals surface area contributed by atoms with E-state index in [1.807, 2.05) is 19.1 Å². The van der Waals surface area contributed by atoms with Crippen LogP contribution in [-0.2, 0) is 17.6 Å². The van der Waals surface area contributed by atoms with Crippen molar-refractivity contribution in [3.63, 3.8) is 0 Å². The normalized spacial score (nSPS) is 13.9. The van der Waals surface area contributed by atoms with Crippen molar-refractivity contribution < 1.29 is 8.84 Å². The molecule has 4 heteroatoms. The molecule has 0 saturated carbocycles. The van der Waals surface area contributed by atoms with Gasteiger partial charge in [-0.25, -0.2) is 0 Å². The Hall–Kier alpha value is -1.36. The average Bonchev–Trinajstić information content (AvgIpc) is 2.97. The lowest BCUT2D eigenvalue weighted by Gasteiger charge is -2.36. The Balaban J connectivity index is 1.85. The van der Waals surface area contributed by atoms with Crippen LogP contribution >= 0.6 is 0 Å². The zero-order valence-electron chi connectivity index (χ0n) is 16.8. The van der Waals surface area contributed by atoms with Crippen LogP contribution in [0.25, 0.3) is 0 Å². The zero-order valence-corrected chi connectivity index (χ0v) is 17.8. The molecule has 2 rings (SSSR count). The predicted molar refractivity (Wildman–Crippen MR) is 107 cm³/mol. The standard InChI is InChI=1S/C21H33NO2Si/c1-16-8-13-20(24-16)17(2)22-14-18-9-11-19(12-10-18)15-23-25(6,7)21(3,4)5/h8-13,17,22H,14-15H2,1-7H3. The second-order valence-corrected chi connectivity index (χ2v) is 13.2. The molecule has 1 aromatic heterocycles. The van der Waals surface area contributed by atoms with E-state index in [2.05, 4.69) is 70.4 Å². The second-order valence-electron chi connectivity index (χ2n) is 8.42. The van der Waals surface area contributed by atoms with Crippen molar-refractivity contribution in [1.29, 1.82) is 0 Å². The number of aryl methyl sites for hydroxylation is 1. The molecule has 0 aliphatic heterocycles. The fraction of sp³-hybridized carbons (Fsp3) is 0.524. The highest BCUT2D eigenvalue weighted by atomic mass is 28.4. The first-order valence-corrected chi connectivity index (χ1v) is 12.0. The summed E-state index contributed by atoms with van der Waals surface area (Å²) in [6.45, 7) is 17.0. The molecule has 1 aromatic carbocycles. The van der Waals surface area contributed by atoms with Gasteiger partial charge in [0.1, 0.15) is 11.5 Å². The van der Waals surface area contributed by atoms with Gasteiger partial charge in [0.25, 0.3) is 0 Å². The maximum Gasteiger partial charge on any atom is 0.192 e. The van der Waals surface area contributed by atoms with Crippen LogP contribution in [0.1, 0.15) is 56.4 Å². The first-order chi connectivity index (χ1) is 11.6. The highest BCUT2D eigenvalue weighted by Crippen LogP contribution is 2.37. The monoisotopic (exact) mass is 359 g/mol. The van der Waals surface area contributed by atoms with Gasteiger partial charge in [-0.3, -0.25) is 0 Å². The molecule has 0 radical (unpaired) electrons. The van der Waals surface area contributed by atoms with E-state index in [0.717, 1.165) is 18.1 Å². The molecule has 1 heterocycles. The molecule has 3 nitrogen and oxygen atoms in total. The lowest BCUT2D eigenvalue weighted by atomic mass is 10.1. The van der Waals surface area contributed by atoms with Crippen molar-refractivity contribution in [2.45, 2.75) is 71.9 Å². The van der Waals surface area contributed by atoms with Gasteiger partial charge >= 0.3 is 0 Å². The molecule has 0 fully saturated rings. The van der Waals surface area contributed by atoms with Crippen LogP contribution in [0.3, 0.4) is 0 Å². The first kappa shape index (κ1) is 20.0. The van der Waals surface area contributed by atoms with E-state index in [-0.39, 0.29) is 11.1 Å². The molecule has 2 aromatic rings. The Labute approximate surface area is 153 Å². The third-order valence-electron chi connectivity index (χ3n) is 5.23. The Morgan fingerprint density at radius 3 is 2.16 bits per heavy atom. The van der Waals surface area contributed by atoms with Gasteiger partial charge in [-0.1, -0.05) is 45.0 Å². The molecular weight excluding hydrogens is 326 g/mol. The van der Waals surface area contributed by atoms with Gasteiger partial charge in [-0.15, -0.1) is 0 Å². The van der Waals surface area contributed by atoms with Crippen LogP contribution < -0.4 is 5.32 Å². The molecule has 0 bridgehead atoms. The molecule has 0 amide bonds. The van der Waals surface area contributed by atoms with E-state index in [1.165, 1.54) is 11.1 Å². The number of benzene rings is 1. The van der Waals surface area contributed by atoms with Crippen molar-refractivity contribution in [2.24, 2.45) is 0 Å². The summed E-state index contributed by atoms with van der Waals surface area (Å²) in [6, 6.07) is 12.9. The predicted octanol–water partition coefficient (Wildman–Crippen LogP) is 5.96. The van der Waals surface area contributed by atoms with E-state index in [9.17, 15) is 0 Å². The van der Waals surface area contributed by atoms with E-state index in [1.54, 1.807) is 0 Å². The molecule has 0 saturated heterocycles. The summed E-state index contributed by atoms with van der Waals surface area (Å²) in [4.78, 5) is 0. The average molecular weight is 360 g/mol. The Morgan fingerprint density at radius 1 is 1.04 bits per heavy atom. The molecular formula is C21H33NO2Si. The molecule has 1 unspecified atom stereocenters. The largest absolute Gasteiger partial charge is 0.465 e. The van der Waals surface area contributed by atoms with Gasteiger partial charge < -0.3 is 14.2 Å². The minimum Gasteiger partial charge on any atom is -0.465 e. The highest BCUT2D eigenvalue weighted by molar-refractivity contribution is 6.74. The molecule has 0 aliphatic rings. The minimum absolute atomic E-state index is 0.204. The van der Waals surface area contributed by atoms with Gasteiger partial charge in [0.15, 0.2) is 8.32 Å². The van der Waals surface area contributed by atoms with E-state index in [0.29, 0.717) is 6.61 Å². The summed E-state index contributed by atoms with van der Waals surface area (Å²) in [5.74, 6) is 1.94. The summed E-state index contributed by atoms with van der Waals surface area (Å²) in [6.07, 6.45) is 0. The van der Waals surface area contributed by atoms with Gasteiger partial charge in [-0.2, -0.15) is 0 Å². The van der Waals surface area contributed by atoms with Crippen molar-refractivity contribution in [1.82, 2.24) is 5.32 Å². The number of nitrogens with one attached hydrogen (secondary N) is 1. The van der Waals surface area contributed by atoms with Crippen LogP contribution in [0.15, 0.2) is 40.8 Å². The molecule has 0 aliphatic carbocycles. The summed E-state index contributed by atoms with van der Waals surface area (Å²) in [7, 11) is -1.69. The van der Waals surface area contributed by atoms with Gasteiger partial charge in [0.2, 0.25) is 0 Å². The summed E-state index contributed by atoms with van der Waals surface area (Å²) in [5, 5.41) is 3.75. The van der Waals surface area contributed by atoms with Crippen LogP contribution in [0.2, 0.25) is 18.1 Å². The van der Waals surface area contributed by atoms with Crippen molar-refractivity contribution in [3.8, 4) is 0 Å². The second kappa shape index (κ2) is 7.90. The topological polar surface area (TPSA) is 34.4 Å². The fourth-order valence-corrected chi connectivity index (χ4v) is 3.25. The number of hydrogen-bond acceptors (Lipinski definition) is 3. The summed E-state index contributed by atoms with van der Waals surface area (Å²) < 4.78 is 12.0. The molecule has 0 spiro atoms. The van der Waals surface area contributed by atoms with E-state index < -0.39 is 8.32 Å². The fourth-order valence-electron chi connectivity index (χ4n) is 2.29. The number of hydrogen-bond donors (Lipinski definition) is 1. The van der Waals surface area contributed by atoms with Crippen LogP contribution in [0.5, 0.6) is 0 Å². The van der Waals surface area contributed by atoms with Gasteiger partial charge in [0, 0.05) is 6.54 Å². The maximum atomic E-state index is 6.29. The van der Waals surface area contributed by atoms with Crippen LogP contribution in [0.4, 0.5) is 0 Å².